The van der Waals surface area contributed by atoms with Gasteiger partial charge < -0.3 is 4.79 Å². The third-order valence-electron chi connectivity index (χ3n) is 5.03. The molecule has 1 aromatic rings. The van der Waals surface area contributed by atoms with Crippen LogP contribution in [0, 0.1) is 5.41 Å². The topological polar surface area (TPSA) is 17.1 Å². The SMILES string of the molecule is C=C(C(C=O)(CCCC)CCCC)[Si](C)(C)c1ccccc1. The lowest BCUT2D eigenvalue weighted by molar-refractivity contribution is -0.115. The van der Waals surface area contributed by atoms with Gasteiger partial charge >= 0.3 is 0 Å². The van der Waals surface area contributed by atoms with Crippen LogP contribution in [0.5, 0.6) is 0 Å². The van der Waals surface area contributed by atoms with E-state index < -0.39 is 8.07 Å². The Kier molecular flexibility index (Phi) is 7.28. The molecule has 122 valence electrons. The summed E-state index contributed by atoms with van der Waals surface area (Å²) in [5.41, 5.74) is -0.322. The Morgan fingerprint density at radius 1 is 1.09 bits per heavy atom. The Labute approximate surface area is 137 Å². The van der Waals surface area contributed by atoms with Crippen molar-refractivity contribution < 1.29 is 4.79 Å². The summed E-state index contributed by atoms with van der Waals surface area (Å²) in [6, 6.07) is 10.6. The number of hydrogen-bond acceptors (Lipinski definition) is 1. The molecule has 0 amide bonds. The highest BCUT2D eigenvalue weighted by Crippen LogP contribution is 2.40. The molecule has 0 aliphatic rings. The van der Waals surface area contributed by atoms with E-state index in [9.17, 15) is 4.79 Å². The van der Waals surface area contributed by atoms with Gasteiger partial charge in [0.2, 0.25) is 0 Å². The van der Waals surface area contributed by atoms with Gasteiger partial charge in [0, 0.05) is 5.41 Å². The van der Waals surface area contributed by atoms with Gasteiger partial charge in [0.1, 0.15) is 14.4 Å². The molecule has 0 saturated heterocycles. The second-order valence-corrected chi connectivity index (χ2v) is 11.4. The fraction of sp³-hybridized carbons (Fsp3) is 0.550. The van der Waals surface area contributed by atoms with Crippen LogP contribution in [-0.2, 0) is 4.79 Å². The number of aldehydes is 1. The van der Waals surface area contributed by atoms with Crippen molar-refractivity contribution >= 4 is 19.5 Å². The summed E-state index contributed by atoms with van der Waals surface area (Å²) in [6.07, 6.45) is 7.58. The van der Waals surface area contributed by atoms with Crippen LogP contribution in [0.15, 0.2) is 42.1 Å². The summed E-state index contributed by atoms with van der Waals surface area (Å²) < 4.78 is 0. The van der Waals surface area contributed by atoms with Crippen molar-refractivity contribution in [1.82, 2.24) is 0 Å². The Morgan fingerprint density at radius 2 is 1.59 bits per heavy atom. The first-order chi connectivity index (χ1) is 10.4. The first-order valence-corrected chi connectivity index (χ1v) is 11.7. The van der Waals surface area contributed by atoms with Crippen molar-refractivity contribution in [3.05, 3.63) is 42.1 Å². The number of allylic oxidation sites excluding steroid dienone is 1. The van der Waals surface area contributed by atoms with Gasteiger partial charge in [-0.25, -0.2) is 0 Å². The molecule has 0 atom stereocenters. The zero-order valence-electron chi connectivity index (χ0n) is 14.8. The number of carbonyl (C=O) groups excluding carboxylic acids is 1. The van der Waals surface area contributed by atoms with Crippen LogP contribution in [0.1, 0.15) is 52.4 Å². The third kappa shape index (κ3) is 4.19. The van der Waals surface area contributed by atoms with Crippen LogP contribution >= 0.6 is 0 Å². The molecule has 0 unspecified atom stereocenters. The average Bonchev–Trinajstić information content (AvgIpc) is 2.56. The van der Waals surface area contributed by atoms with E-state index in [4.69, 9.17) is 0 Å². The highest BCUT2D eigenvalue weighted by atomic mass is 28.3. The van der Waals surface area contributed by atoms with Gasteiger partial charge in [-0.2, -0.15) is 0 Å². The van der Waals surface area contributed by atoms with Gasteiger partial charge in [-0.1, -0.05) is 93.3 Å². The summed E-state index contributed by atoms with van der Waals surface area (Å²) in [6.45, 7) is 13.5. The van der Waals surface area contributed by atoms with E-state index in [1.165, 1.54) is 16.7 Å². The summed E-state index contributed by atoms with van der Waals surface area (Å²) in [5, 5.41) is 2.59. The highest BCUT2D eigenvalue weighted by molar-refractivity contribution is 6.96. The lowest BCUT2D eigenvalue weighted by atomic mass is 9.79. The molecule has 0 aromatic heterocycles. The van der Waals surface area contributed by atoms with E-state index in [1.54, 1.807) is 0 Å². The Bertz CT molecular complexity index is 468. The number of unbranched alkanes of at least 4 members (excludes halogenated alkanes) is 2. The minimum absolute atomic E-state index is 0.322. The second-order valence-electron chi connectivity index (χ2n) is 6.95. The van der Waals surface area contributed by atoms with Gasteiger partial charge in [-0.15, -0.1) is 6.58 Å². The van der Waals surface area contributed by atoms with Crippen LogP contribution in [0.4, 0.5) is 0 Å². The molecule has 1 nitrogen and oxygen atoms in total. The van der Waals surface area contributed by atoms with Crippen LogP contribution < -0.4 is 5.19 Å². The fourth-order valence-electron chi connectivity index (χ4n) is 3.25. The van der Waals surface area contributed by atoms with Gasteiger partial charge in [-0.05, 0) is 12.8 Å². The molecule has 0 N–H and O–H groups in total. The smallest absolute Gasteiger partial charge is 0.129 e. The molecular formula is C20H32OSi. The number of rotatable bonds is 10. The molecule has 0 bridgehead atoms. The highest BCUT2D eigenvalue weighted by Gasteiger charge is 2.41. The molecule has 22 heavy (non-hydrogen) atoms. The maximum absolute atomic E-state index is 12.1. The standard InChI is InChI=1S/C20H32OSi/c1-6-8-15-20(17-21,16-9-7-2)18(3)22(4,5)19-13-11-10-12-14-19/h10-14,17H,3,6-9,15-16H2,1-2,4-5H3. The maximum atomic E-state index is 12.1. The van der Waals surface area contributed by atoms with Crippen LogP contribution in [0.3, 0.4) is 0 Å². The first kappa shape index (κ1) is 18.9. The summed E-state index contributed by atoms with van der Waals surface area (Å²) in [4.78, 5) is 12.1. The lowest BCUT2D eigenvalue weighted by Crippen LogP contribution is -2.49. The molecule has 1 aromatic carbocycles. The molecule has 1 rings (SSSR count). The summed E-state index contributed by atoms with van der Waals surface area (Å²) >= 11 is 0. The Balaban J connectivity index is 3.16. The van der Waals surface area contributed by atoms with Gasteiger partial charge in [0.15, 0.2) is 0 Å². The van der Waals surface area contributed by atoms with E-state index >= 15 is 0 Å². The minimum atomic E-state index is -1.86. The Morgan fingerprint density at radius 3 is 2.00 bits per heavy atom. The number of benzene rings is 1. The van der Waals surface area contributed by atoms with Crippen LogP contribution in [0.25, 0.3) is 0 Å². The average molecular weight is 317 g/mol. The van der Waals surface area contributed by atoms with E-state index in [2.05, 4.69) is 63.9 Å². The lowest BCUT2D eigenvalue weighted by Gasteiger charge is -2.39. The molecule has 0 heterocycles. The van der Waals surface area contributed by atoms with E-state index in [1.807, 2.05) is 0 Å². The van der Waals surface area contributed by atoms with Gasteiger partial charge in [0.25, 0.3) is 0 Å². The molecule has 0 aliphatic heterocycles. The number of hydrogen-bond donors (Lipinski definition) is 0. The van der Waals surface area contributed by atoms with Crippen molar-refractivity contribution in [3.63, 3.8) is 0 Å². The van der Waals surface area contributed by atoms with Crippen molar-refractivity contribution in [2.45, 2.75) is 65.5 Å². The largest absolute Gasteiger partial charge is 0.302 e. The zero-order chi connectivity index (χ0) is 16.6. The normalized spacial score (nSPS) is 12.2. The monoisotopic (exact) mass is 316 g/mol. The van der Waals surface area contributed by atoms with Gasteiger partial charge in [-0.3, -0.25) is 0 Å². The van der Waals surface area contributed by atoms with Gasteiger partial charge in [0.05, 0.1) is 0 Å². The van der Waals surface area contributed by atoms with Crippen molar-refractivity contribution in [3.8, 4) is 0 Å². The fourth-order valence-corrected chi connectivity index (χ4v) is 6.18. The van der Waals surface area contributed by atoms with E-state index in [0.29, 0.717) is 0 Å². The summed E-state index contributed by atoms with van der Waals surface area (Å²) in [7, 11) is -1.86. The maximum Gasteiger partial charge on any atom is 0.129 e. The predicted molar refractivity (Wildman–Crippen MR) is 100 cm³/mol. The predicted octanol–water partition coefficient (Wildman–Crippen LogP) is 5.26. The minimum Gasteiger partial charge on any atom is -0.302 e. The van der Waals surface area contributed by atoms with Crippen LogP contribution in [0.2, 0.25) is 13.1 Å². The first-order valence-electron chi connectivity index (χ1n) is 8.66. The molecule has 0 saturated carbocycles. The van der Waals surface area contributed by atoms with Crippen LogP contribution in [-0.4, -0.2) is 14.4 Å². The summed E-state index contributed by atoms with van der Waals surface area (Å²) in [5.74, 6) is 0. The third-order valence-corrected chi connectivity index (χ3v) is 8.81. The second kappa shape index (κ2) is 8.47. The van der Waals surface area contributed by atoms with Crippen molar-refractivity contribution in [2.24, 2.45) is 5.41 Å². The molecule has 2 heteroatoms. The molecular weight excluding hydrogens is 284 g/mol. The number of carbonyl (C=O) groups is 1. The zero-order valence-corrected chi connectivity index (χ0v) is 15.8. The molecule has 0 radical (unpaired) electrons. The Hall–Kier alpha value is -1.15. The van der Waals surface area contributed by atoms with E-state index in [-0.39, 0.29) is 5.41 Å². The quantitative estimate of drug-likeness (QED) is 0.425. The van der Waals surface area contributed by atoms with Crippen molar-refractivity contribution in [1.29, 1.82) is 0 Å². The van der Waals surface area contributed by atoms with E-state index in [0.717, 1.165) is 38.5 Å². The molecule has 0 fully saturated rings. The molecule has 0 aliphatic carbocycles. The molecule has 0 spiro atoms. The van der Waals surface area contributed by atoms with Crippen molar-refractivity contribution in [2.75, 3.05) is 0 Å².